The molecule has 0 aliphatic carbocycles. The van der Waals surface area contributed by atoms with Gasteiger partial charge in [-0.15, -0.1) is 0 Å². The molecule has 3 heterocycles. The van der Waals surface area contributed by atoms with Gasteiger partial charge < -0.3 is 10.2 Å². The summed E-state index contributed by atoms with van der Waals surface area (Å²) >= 11 is 0. The number of hydrogen-bond donors (Lipinski definition) is 1. The zero-order valence-electron chi connectivity index (χ0n) is 12.8. The van der Waals surface area contributed by atoms with Gasteiger partial charge in [0, 0.05) is 25.7 Å². The Hall–Kier alpha value is -1.20. The Morgan fingerprint density at radius 3 is 2.75 bits per heavy atom. The molecule has 3 rings (SSSR count). The first-order valence-corrected chi connectivity index (χ1v) is 7.65. The van der Waals surface area contributed by atoms with E-state index in [9.17, 15) is 0 Å². The number of likely N-dealkylation sites (tertiary alicyclic amines) is 1. The molecule has 0 spiro atoms. The van der Waals surface area contributed by atoms with Gasteiger partial charge in [0.2, 0.25) is 0 Å². The number of rotatable bonds is 2. The lowest BCUT2D eigenvalue weighted by molar-refractivity contribution is 0.178. The highest BCUT2D eigenvalue weighted by Gasteiger charge is 2.27. The highest BCUT2D eigenvalue weighted by atomic mass is 15.2. The first-order valence-electron chi connectivity index (χ1n) is 7.65. The van der Waals surface area contributed by atoms with Crippen molar-refractivity contribution in [2.24, 2.45) is 0 Å². The molecule has 0 aromatic carbocycles. The number of piperidine rings is 1. The molecule has 2 aliphatic rings. The van der Waals surface area contributed by atoms with Crippen molar-refractivity contribution < 1.29 is 0 Å². The molecule has 1 atom stereocenters. The zero-order valence-corrected chi connectivity index (χ0v) is 12.8. The zero-order chi connectivity index (χ0) is 14.1. The summed E-state index contributed by atoms with van der Waals surface area (Å²) in [5.41, 5.74) is 2.53. The third-order valence-electron chi connectivity index (χ3n) is 4.58. The van der Waals surface area contributed by atoms with Crippen LogP contribution in [0.1, 0.15) is 42.4 Å². The van der Waals surface area contributed by atoms with Crippen LogP contribution >= 0.6 is 0 Å². The predicted octanol–water partition coefficient (Wildman–Crippen LogP) is 1.66. The fraction of sp³-hybridized carbons (Fsp3) is 0.733. The van der Waals surface area contributed by atoms with Crippen LogP contribution in [0.2, 0.25) is 0 Å². The Labute approximate surface area is 121 Å². The standard InChI is InChI=1S/C15H25N5/c1-16-14-11-7-9-19(2)10-12(11)17-15(18-14)13-6-4-5-8-20(13)3/h13H,4-10H2,1-3H3,(H,16,17,18). The average Bonchev–Trinajstić information content (AvgIpc) is 2.46. The Morgan fingerprint density at radius 1 is 1.15 bits per heavy atom. The third-order valence-corrected chi connectivity index (χ3v) is 4.58. The van der Waals surface area contributed by atoms with Crippen LogP contribution in [0.15, 0.2) is 0 Å². The molecule has 1 aromatic rings. The second-order valence-electron chi connectivity index (χ2n) is 6.09. The molecule has 20 heavy (non-hydrogen) atoms. The Morgan fingerprint density at radius 2 is 2.00 bits per heavy atom. The molecule has 1 aromatic heterocycles. The lowest BCUT2D eigenvalue weighted by Gasteiger charge is -2.33. The van der Waals surface area contributed by atoms with Crippen LogP contribution in [0.4, 0.5) is 5.82 Å². The van der Waals surface area contributed by atoms with Gasteiger partial charge in [0.15, 0.2) is 0 Å². The van der Waals surface area contributed by atoms with Gasteiger partial charge in [0.25, 0.3) is 0 Å². The van der Waals surface area contributed by atoms with Gasteiger partial charge in [-0.2, -0.15) is 0 Å². The summed E-state index contributed by atoms with van der Waals surface area (Å²) in [5.74, 6) is 2.04. The molecule has 1 saturated heterocycles. The van der Waals surface area contributed by atoms with E-state index in [0.717, 1.165) is 37.7 Å². The number of likely N-dealkylation sites (N-methyl/N-ethyl adjacent to an activating group) is 1. The molecule has 2 aliphatic heterocycles. The van der Waals surface area contributed by atoms with Crippen molar-refractivity contribution in [1.29, 1.82) is 0 Å². The quantitative estimate of drug-likeness (QED) is 0.889. The monoisotopic (exact) mass is 275 g/mol. The Bertz CT molecular complexity index is 487. The summed E-state index contributed by atoms with van der Waals surface area (Å²) in [5, 5.41) is 3.28. The van der Waals surface area contributed by atoms with Crippen molar-refractivity contribution in [3.63, 3.8) is 0 Å². The summed E-state index contributed by atoms with van der Waals surface area (Å²) in [4.78, 5) is 14.5. The van der Waals surface area contributed by atoms with Gasteiger partial charge in [-0.25, -0.2) is 9.97 Å². The van der Waals surface area contributed by atoms with E-state index in [2.05, 4.69) is 29.2 Å². The minimum atomic E-state index is 0.383. The summed E-state index contributed by atoms with van der Waals surface area (Å²) in [6.07, 6.45) is 4.79. The van der Waals surface area contributed by atoms with Gasteiger partial charge in [-0.1, -0.05) is 6.42 Å². The fourth-order valence-electron chi connectivity index (χ4n) is 3.34. The highest BCUT2D eigenvalue weighted by molar-refractivity contribution is 5.47. The topological polar surface area (TPSA) is 44.3 Å². The maximum Gasteiger partial charge on any atom is 0.148 e. The van der Waals surface area contributed by atoms with E-state index in [1.807, 2.05) is 7.05 Å². The van der Waals surface area contributed by atoms with Crippen molar-refractivity contribution in [3.05, 3.63) is 17.1 Å². The van der Waals surface area contributed by atoms with Crippen LogP contribution in [0.3, 0.4) is 0 Å². The van der Waals surface area contributed by atoms with E-state index in [-0.39, 0.29) is 0 Å². The Kier molecular flexibility index (Phi) is 3.89. The van der Waals surface area contributed by atoms with Crippen molar-refractivity contribution >= 4 is 5.82 Å². The Balaban J connectivity index is 1.97. The summed E-state index contributed by atoms with van der Waals surface area (Å²) < 4.78 is 0. The van der Waals surface area contributed by atoms with Gasteiger partial charge >= 0.3 is 0 Å². The average molecular weight is 275 g/mol. The van der Waals surface area contributed by atoms with E-state index < -0.39 is 0 Å². The third kappa shape index (κ3) is 2.52. The molecule has 0 amide bonds. The number of hydrogen-bond acceptors (Lipinski definition) is 5. The lowest BCUT2D eigenvalue weighted by atomic mass is 10.0. The van der Waals surface area contributed by atoms with E-state index in [0.29, 0.717) is 6.04 Å². The first kappa shape index (κ1) is 13.8. The second kappa shape index (κ2) is 5.66. The smallest absolute Gasteiger partial charge is 0.148 e. The number of fused-ring (bicyclic) bond motifs is 1. The van der Waals surface area contributed by atoms with Crippen LogP contribution in [0.25, 0.3) is 0 Å². The number of nitrogens with one attached hydrogen (secondary N) is 1. The second-order valence-corrected chi connectivity index (χ2v) is 6.09. The molecule has 0 saturated carbocycles. The normalized spacial score (nSPS) is 24.4. The van der Waals surface area contributed by atoms with E-state index >= 15 is 0 Å². The molecular weight excluding hydrogens is 250 g/mol. The summed E-state index contributed by atoms with van der Waals surface area (Å²) in [7, 11) is 6.32. The lowest BCUT2D eigenvalue weighted by Crippen LogP contribution is -2.33. The number of aromatic nitrogens is 2. The van der Waals surface area contributed by atoms with Crippen LogP contribution in [0, 0.1) is 0 Å². The fourth-order valence-corrected chi connectivity index (χ4v) is 3.34. The van der Waals surface area contributed by atoms with Crippen molar-refractivity contribution in [2.45, 2.75) is 38.3 Å². The molecule has 0 bridgehead atoms. The van der Waals surface area contributed by atoms with E-state index in [4.69, 9.17) is 9.97 Å². The maximum absolute atomic E-state index is 4.91. The van der Waals surface area contributed by atoms with Crippen LogP contribution < -0.4 is 5.32 Å². The van der Waals surface area contributed by atoms with Gasteiger partial charge in [0.05, 0.1) is 11.7 Å². The predicted molar refractivity (Wildman–Crippen MR) is 80.8 cm³/mol. The molecule has 110 valence electrons. The largest absolute Gasteiger partial charge is 0.373 e. The van der Waals surface area contributed by atoms with Gasteiger partial charge in [-0.3, -0.25) is 4.90 Å². The summed E-state index contributed by atoms with van der Waals surface area (Å²) in [6, 6.07) is 0.383. The van der Waals surface area contributed by atoms with Crippen LogP contribution in [-0.4, -0.2) is 54.0 Å². The first-order chi connectivity index (χ1) is 9.69. The number of anilines is 1. The van der Waals surface area contributed by atoms with E-state index in [1.165, 1.54) is 30.5 Å². The van der Waals surface area contributed by atoms with Crippen LogP contribution in [0.5, 0.6) is 0 Å². The van der Waals surface area contributed by atoms with Crippen LogP contribution in [-0.2, 0) is 13.0 Å². The minimum Gasteiger partial charge on any atom is -0.373 e. The molecule has 1 N–H and O–H groups in total. The molecule has 1 unspecified atom stereocenters. The van der Waals surface area contributed by atoms with Crippen molar-refractivity contribution in [1.82, 2.24) is 19.8 Å². The molecule has 5 heteroatoms. The SMILES string of the molecule is CNc1nc(C2CCCCN2C)nc2c1CCN(C)C2. The maximum atomic E-state index is 4.91. The van der Waals surface area contributed by atoms with E-state index in [1.54, 1.807) is 0 Å². The van der Waals surface area contributed by atoms with Gasteiger partial charge in [-0.05, 0) is 39.9 Å². The molecule has 0 radical (unpaired) electrons. The minimum absolute atomic E-state index is 0.383. The number of nitrogens with zero attached hydrogens (tertiary/aromatic N) is 4. The summed E-state index contributed by atoms with van der Waals surface area (Å²) in [6.45, 7) is 3.18. The molecule has 1 fully saturated rings. The molecule has 5 nitrogen and oxygen atoms in total. The highest BCUT2D eigenvalue weighted by Crippen LogP contribution is 2.30. The van der Waals surface area contributed by atoms with Crippen molar-refractivity contribution in [3.8, 4) is 0 Å². The molecular formula is C15H25N5. The van der Waals surface area contributed by atoms with Gasteiger partial charge in [0.1, 0.15) is 11.6 Å². The van der Waals surface area contributed by atoms with Crippen molar-refractivity contribution in [2.75, 3.05) is 39.5 Å².